The number of amides is 2. The van der Waals surface area contributed by atoms with E-state index in [0.29, 0.717) is 37.1 Å². The first-order chi connectivity index (χ1) is 22.3. The maximum Gasteiger partial charge on any atom is 0.270 e. The fourth-order valence-corrected chi connectivity index (χ4v) is 6.04. The molecule has 2 amide bonds. The van der Waals surface area contributed by atoms with Gasteiger partial charge in [0.1, 0.15) is 29.3 Å². The van der Waals surface area contributed by atoms with Crippen molar-refractivity contribution in [3.05, 3.63) is 120 Å². The third kappa shape index (κ3) is 6.71. The number of carbonyl (C=O) groups excluding carboxylic acids is 2. The summed E-state index contributed by atoms with van der Waals surface area (Å²) in [5, 5.41) is 7.70. The Bertz CT molecular complexity index is 1960. The van der Waals surface area contributed by atoms with Crippen molar-refractivity contribution in [2.75, 3.05) is 24.2 Å². The molecule has 1 saturated heterocycles. The fourth-order valence-electron chi connectivity index (χ4n) is 5.51. The summed E-state index contributed by atoms with van der Waals surface area (Å²) in [6, 6.07) is 27.4. The molecular formula is C34H34N6O5S. The second-order valence-corrected chi connectivity index (χ2v) is 13.0. The number of likely N-dealkylation sites (tertiary alicyclic amines) is 1. The zero-order chi connectivity index (χ0) is 32.1. The van der Waals surface area contributed by atoms with Gasteiger partial charge in [-0.25, -0.2) is 18.1 Å². The van der Waals surface area contributed by atoms with Crippen LogP contribution in [0.1, 0.15) is 57.5 Å². The number of rotatable bonds is 10. The lowest BCUT2D eigenvalue weighted by molar-refractivity contribution is 0.0713. The van der Waals surface area contributed by atoms with E-state index in [0.717, 1.165) is 18.4 Å². The largest absolute Gasteiger partial charge is 0.487 e. The molecule has 236 valence electrons. The van der Waals surface area contributed by atoms with Crippen molar-refractivity contribution < 1.29 is 22.7 Å². The minimum Gasteiger partial charge on any atom is -0.487 e. The summed E-state index contributed by atoms with van der Waals surface area (Å²) in [5.74, 6) is -0.183. The Balaban J connectivity index is 1.34. The zero-order valence-corrected chi connectivity index (χ0v) is 26.1. The molecule has 0 aliphatic carbocycles. The highest BCUT2D eigenvalue weighted by Gasteiger charge is 2.29. The van der Waals surface area contributed by atoms with E-state index in [9.17, 15) is 18.0 Å². The predicted octanol–water partition coefficient (Wildman–Crippen LogP) is 5.15. The van der Waals surface area contributed by atoms with Gasteiger partial charge in [0.15, 0.2) is 5.65 Å². The van der Waals surface area contributed by atoms with Crippen LogP contribution in [0.3, 0.4) is 0 Å². The number of para-hydroxylation sites is 2. The summed E-state index contributed by atoms with van der Waals surface area (Å²) in [6.07, 6.45) is 4.29. The van der Waals surface area contributed by atoms with Crippen LogP contribution in [0.2, 0.25) is 0 Å². The average molecular weight is 639 g/mol. The first-order valence-corrected chi connectivity index (χ1v) is 16.8. The van der Waals surface area contributed by atoms with Crippen LogP contribution in [-0.2, 0) is 16.6 Å². The lowest BCUT2D eigenvalue weighted by Gasteiger charge is -2.32. The van der Waals surface area contributed by atoms with Gasteiger partial charge in [-0.15, -0.1) is 0 Å². The maximum absolute atomic E-state index is 14.1. The molecule has 3 aromatic carbocycles. The Morgan fingerprint density at radius 3 is 2.28 bits per heavy atom. The fraction of sp³-hybridized carbons (Fsp3) is 0.235. The summed E-state index contributed by atoms with van der Waals surface area (Å²) < 4.78 is 33.8. The van der Waals surface area contributed by atoms with Crippen LogP contribution >= 0.6 is 0 Å². The van der Waals surface area contributed by atoms with Crippen molar-refractivity contribution >= 4 is 39.0 Å². The molecule has 6 rings (SSSR count). The van der Waals surface area contributed by atoms with E-state index in [-0.39, 0.29) is 34.3 Å². The van der Waals surface area contributed by atoms with Crippen molar-refractivity contribution in [3.8, 4) is 5.75 Å². The Morgan fingerprint density at radius 2 is 1.57 bits per heavy atom. The molecule has 0 bridgehead atoms. The average Bonchev–Trinajstić information content (AvgIpc) is 3.53. The van der Waals surface area contributed by atoms with Crippen LogP contribution in [0, 0.1) is 0 Å². The zero-order valence-electron chi connectivity index (χ0n) is 25.3. The molecule has 0 spiro atoms. The van der Waals surface area contributed by atoms with E-state index < -0.39 is 15.9 Å². The van der Waals surface area contributed by atoms with E-state index >= 15 is 0 Å². The third-order valence-corrected chi connectivity index (χ3v) is 9.32. The molecule has 2 N–H and O–H groups in total. The number of fused-ring (bicyclic) bond motifs is 1. The summed E-state index contributed by atoms with van der Waals surface area (Å²) >= 11 is 0. The Hall–Kier alpha value is -5.23. The SMILES string of the molecule is CCS(=O)(=O)NC(=O)c1cnn2c(Nc3ccccc3OCc3ccccc3)c(C(=O)N3CCC(c4ccccc4)CC3)cnc12. The maximum atomic E-state index is 14.1. The monoisotopic (exact) mass is 638 g/mol. The van der Waals surface area contributed by atoms with Gasteiger partial charge in [-0.1, -0.05) is 72.8 Å². The topological polar surface area (TPSA) is 135 Å². The van der Waals surface area contributed by atoms with E-state index in [4.69, 9.17) is 4.74 Å². The number of aromatic nitrogens is 3. The number of piperidine rings is 1. The molecule has 0 atom stereocenters. The number of hydrogen-bond acceptors (Lipinski definition) is 8. The van der Waals surface area contributed by atoms with Gasteiger partial charge in [0.05, 0.1) is 17.6 Å². The molecule has 0 saturated carbocycles. The van der Waals surface area contributed by atoms with Crippen LogP contribution in [0.5, 0.6) is 5.75 Å². The highest BCUT2D eigenvalue weighted by molar-refractivity contribution is 7.90. The molecular weight excluding hydrogens is 604 g/mol. The summed E-state index contributed by atoms with van der Waals surface area (Å²) in [6.45, 7) is 2.89. The summed E-state index contributed by atoms with van der Waals surface area (Å²) in [5.41, 5.74) is 3.12. The third-order valence-electron chi connectivity index (χ3n) is 8.06. The number of ether oxygens (including phenoxy) is 1. The number of carbonyl (C=O) groups is 2. The first-order valence-electron chi connectivity index (χ1n) is 15.1. The van der Waals surface area contributed by atoms with Crippen LogP contribution in [0.15, 0.2) is 97.3 Å². The predicted molar refractivity (Wildman–Crippen MR) is 175 cm³/mol. The number of anilines is 2. The van der Waals surface area contributed by atoms with Gasteiger partial charge in [-0.05, 0) is 48.9 Å². The number of nitrogens with zero attached hydrogens (tertiary/aromatic N) is 4. The Morgan fingerprint density at radius 1 is 0.891 bits per heavy atom. The van der Waals surface area contributed by atoms with E-state index in [1.807, 2.05) is 77.5 Å². The quantitative estimate of drug-likeness (QED) is 0.215. The second kappa shape index (κ2) is 13.4. The van der Waals surface area contributed by atoms with Gasteiger partial charge < -0.3 is 15.0 Å². The van der Waals surface area contributed by atoms with Gasteiger partial charge in [-0.3, -0.25) is 9.59 Å². The van der Waals surface area contributed by atoms with Crippen LogP contribution in [-0.4, -0.2) is 58.6 Å². The van der Waals surface area contributed by atoms with E-state index in [1.54, 1.807) is 4.90 Å². The molecule has 0 unspecified atom stereocenters. The van der Waals surface area contributed by atoms with Gasteiger partial charge in [-0.2, -0.15) is 9.61 Å². The number of nitrogens with one attached hydrogen (secondary N) is 2. The van der Waals surface area contributed by atoms with E-state index in [1.165, 1.54) is 29.4 Å². The van der Waals surface area contributed by atoms with Gasteiger partial charge in [0.25, 0.3) is 11.8 Å². The van der Waals surface area contributed by atoms with Gasteiger partial charge in [0.2, 0.25) is 10.0 Å². The lowest BCUT2D eigenvalue weighted by Crippen LogP contribution is -2.38. The minimum atomic E-state index is -3.83. The Kier molecular flexibility index (Phi) is 8.97. The molecule has 46 heavy (non-hydrogen) atoms. The second-order valence-electron chi connectivity index (χ2n) is 11.0. The van der Waals surface area contributed by atoms with Crippen LogP contribution in [0.25, 0.3) is 5.65 Å². The number of sulfonamides is 1. The van der Waals surface area contributed by atoms with Crippen LogP contribution < -0.4 is 14.8 Å². The van der Waals surface area contributed by atoms with Crippen molar-refractivity contribution in [3.63, 3.8) is 0 Å². The van der Waals surface area contributed by atoms with Gasteiger partial charge >= 0.3 is 0 Å². The molecule has 1 aliphatic rings. The van der Waals surface area contributed by atoms with E-state index in [2.05, 4.69) is 27.5 Å². The number of hydrogen-bond donors (Lipinski definition) is 2. The number of benzene rings is 3. The van der Waals surface area contributed by atoms with Crippen molar-refractivity contribution in [1.29, 1.82) is 0 Å². The minimum absolute atomic E-state index is 0.0450. The Labute approximate surface area is 267 Å². The molecule has 0 radical (unpaired) electrons. The van der Waals surface area contributed by atoms with Crippen molar-refractivity contribution in [1.82, 2.24) is 24.2 Å². The first kappa shape index (κ1) is 30.8. The van der Waals surface area contributed by atoms with Gasteiger partial charge in [0, 0.05) is 19.3 Å². The molecule has 2 aromatic heterocycles. The molecule has 1 aliphatic heterocycles. The van der Waals surface area contributed by atoms with Crippen molar-refractivity contribution in [2.45, 2.75) is 32.3 Å². The summed E-state index contributed by atoms with van der Waals surface area (Å²) in [4.78, 5) is 33.3. The van der Waals surface area contributed by atoms with Crippen LogP contribution in [0.4, 0.5) is 11.5 Å². The smallest absolute Gasteiger partial charge is 0.270 e. The molecule has 12 heteroatoms. The highest BCUT2D eigenvalue weighted by Crippen LogP contribution is 2.33. The molecule has 3 heterocycles. The lowest BCUT2D eigenvalue weighted by atomic mass is 9.89. The summed E-state index contributed by atoms with van der Waals surface area (Å²) in [7, 11) is -3.83. The normalized spacial score (nSPS) is 13.8. The molecule has 11 nitrogen and oxygen atoms in total. The standard InChI is InChI=1S/C34H34N6O5S/c1-2-46(43,44)38-33(41)27-22-36-40-31(27)35-21-28(34(42)39-19-17-26(18-20-39)25-13-7-4-8-14-25)32(40)37-29-15-9-10-16-30(29)45-23-24-11-5-3-6-12-24/h3-16,21-22,26,37H,2,17-20,23H2,1H3,(H,38,41). The molecule has 1 fully saturated rings. The highest BCUT2D eigenvalue weighted by atomic mass is 32.2. The van der Waals surface area contributed by atoms with Crippen molar-refractivity contribution in [2.24, 2.45) is 0 Å². The molecule has 5 aromatic rings.